The minimum absolute atomic E-state index is 0.101. The Labute approximate surface area is 143 Å². The third-order valence-electron chi connectivity index (χ3n) is 3.70. The largest absolute Gasteiger partial charge is 0.416 e. The van der Waals surface area contributed by atoms with E-state index < -0.39 is 23.8 Å². The molecule has 1 atom stereocenters. The lowest BCUT2D eigenvalue weighted by molar-refractivity contribution is -0.137. The van der Waals surface area contributed by atoms with Crippen LogP contribution in [0.4, 0.5) is 18.9 Å². The SMILES string of the molecule is CN(C)c1ccc([C@H](O)CNC(=O)c2cccc(C(F)(F)F)c2)cc1. The van der Waals surface area contributed by atoms with E-state index in [1.165, 1.54) is 12.1 Å². The van der Waals surface area contributed by atoms with E-state index in [4.69, 9.17) is 0 Å². The van der Waals surface area contributed by atoms with Gasteiger partial charge in [-0.2, -0.15) is 13.2 Å². The van der Waals surface area contributed by atoms with Gasteiger partial charge in [0.05, 0.1) is 11.7 Å². The van der Waals surface area contributed by atoms with Gasteiger partial charge in [-0.3, -0.25) is 4.79 Å². The second-order valence-corrected chi connectivity index (χ2v) is 5.79. The average molecular weight is 352 g/mol. The van der Waals surface area contributed by atoms with Crippen molar-refractivity contribution in [1.29, 1.82) is 0 Å². The number of aliphatic hydroxyl groups is 1. The summed E-state index contributed by atoms with van der Waals surface area (Å²) in [5, 5.41) is 12.6. The van der Waals surface area contributed by atoms with Gasteiger partial charge in [-0.25, -0.2) is 0 Å². The Morgan fingerprint density at radius 2 is 1.80 bits per heavy atom. The number of hydrogen-bond acceptors (Lipinski definition) is 3. The summed E-state index contributed by atoms with van der Waals surface area (Å²) in [7, 11) is 3.78. The summed E-state index contributed by atoms with van der Waals surface area (Å²) in [5.41, 5.74) is 0.573. The van der Waals surface area contributed by atoms with Crippen molar-refractivity contribution < 1.29 is 23.1 Å². The van der Waals surface area contributed by atoms with E-state index in [2.05, 4.69) is 5.32 Å². The van der Waals surface area contributed by atoms with Crippen LogP contribution in [0.5, 0.6) is 0 Å². The number of nitrogens with zero attached hydrogens (tertiary/aromatic N) is 1. The predicted octanol–water partition coefficient (Wildman–Crippen LogP) is 3.23. The van der Waals surface area contributed by atoms with Crippen LogP contribution in [0, 0.1) is 0 Å². The van der Waals surface area contributed by atoms with Gasteiger partial charge in [-0.1, -0.05) is 18.2 Å². The van der Waals surface area contributed by atoms with E-state index >= 15 is 0 Å². The number of nitrogens with one attached hydrogen (secondary N) is 1. The van der Waals surface area contributed by atoms with Crippen LogP contribution in [0.25, 0.3) is 0 Å². The Morgan fingerprint density at radius 1 is 1.16 bits per heavy atom. The number of carbonyl (C=O) groups excluding carboxylic acids is 1. The van der Waals surface area contributed by atoms with Gasteiger partial charge in [-0.15, -0.1) is 0 Å². The number of aliphatic hydroxyl groups excluding tert-OH is 1. The molecule has 0 fully saturated rings. The minimum Gasteiger partial charge on any atom is -0.387 e. The highest BCUT2D eigenvalue weighted by atomic mass is 19.4. The van der Waals surface area contributed by atoms with Gasteiger partial charge in [0.25, 0.3) is 5.91 Å². The van der Waals surface area contributed by atoms with Crippen molar-refractivity contribution >= 4 is 11.6 Å². The lowest BCUT2D eigenvalue weighted by Crippen LogP contribution is -2.28. The predicted molar refractivity (Wildman–Crippen MR) is 89.5 cm³/mol. The van der Waals surface area contributed by atoms with Crippen LogP contribution in [-0.4, -0.2) is 31.7 Å². The number of alkyl halides is 3. The van der Waals surface area contributed by atoms with Gasteiger partial charge >= 0.3 is 6.18 Å². The van der Waals surface area contributed by atoms with Crippen molar-refractivity contribution in [1.82, 2.24) is 5.32 Å². The first-order valence-corrected chi connectivity index (χ1v) is 7.59. The van der Waals surface area contributed by atoms with Crippen LogP contribution in [0.2, 0.25) is 0 Å². The Balaban J connectivity index is 1.99. The summed E-state index contributed by atoms with van der Waals surface area (Å²) in [6.07, 6.45) is -5.46. The molecule has 0 aliphatic heterocycles. The van der Waals surface area contributed by atoms with E-state index in [-0.39, 0.29) is 12.1 Å². The molecule has 0 aromatic heterocycles. The summed E-state index contributed by atoms with van der Waals surface area (Å²) < 4.78 is 38.0. The van der Waals surface area contributed by atoms with Crippen molar-refractivity contribution in [2.24, 2.45) is 0 Å². The van der Waals surface area contributed by atoms with E-state index in [0.717, 1.165) is 17.8 Å². The molecule has 25 heavy (non-hydrogen) atoms. The molecule has 0 saturated heterocycles. The molecule has 0 unspecified atom stereocenters. The molecule has 0 spiro atoms. The lowest BCUT2D eigenvalue weighted by Gasteiger charge is -2.16. The molecule has 2 rings (SSSR count). The maximum Gasteiger partial charge on any atom is 0.416 e. The topological polar surface area (TPSA) is 52.6 Å². The highest BCUT2D eigenvalue weighted by molar-refractivity contribution is 5.94. The van der Waals surface area contributed by atoms with Crippen LogP contribution in [0.15, 0.2) is 48.5 Å². The highest BCUT2D eigenvalue weighted by Crippen LogP contribution is 2.29. The second-order valence-electron chi connectivity index (χ2n) is 5.79. The molecule has 0 aliphatic rings. The van der Waals surface area contributed by atoms with Crippen molar-refractivity contribution in [3.05, 3.63) is 65.2 Å². The van der Waals surface area contributed by atoms with E-state index in [1.807, 2.05) is 31.1 Å². The molecule has 0 saturated carbocycles. The number of amides is 1. The van der Waals surface area contributed by atoms with Crippen LogP contribution in [-0.2, 0) is 6.18 Å². The molecule has 2 N–H and O–H groups in total. The normalized spacial score (nSPS) is 12.6. The molecule has 134 valence electrons. The molecule has 7 heteroatoms. The van der Waals surface area contributed by atoms with Gasteiger partial charge in [0, 0.05) is 31.9 Å². The number of benzene rings is 2. The Hall–Kier alpha value is -2.54. The molecular weight excluding hydrogens is 333 g/mol. The molecule has 4 nitrogen and oxygen atoms in total. The molecule has 0 bridgehead atoms. The van der Waals surface area contributed by atoms with Gasteiger partial charge in [0.1, 0.15) is 0 Å². The molecular formula is C18H19F3N2O2. The lowest BCUT2D eigenvalue weighted by atomic mass is 10.1. The number of hydrogen-bond donors (Lipinski definition) is 2. The van der Waals surface area contributed by atoms with Crippen molar-refractivity contribution in [3.8, 4) is 0 Å². The first-order chi connectivity index (χ1) is 11.7. The van der Waals surface area contributed by atoms with Crippen molar-refractivity contribution in [2.45, 2.75) is 12.3 Å². The number of carbonyl (C=O) groups is 1. The van der Waals surface area contributed by atoms with Gasteiger partial charge in [-0.05, 0) is 35.9 Å². The number of rotatable bonds is 5. The second kappa shape index (κ2) is 7.57. The number of anilines is 1. The molecule has 0 radical (unpaired) electrons. The molecule has 1 amide bonds. The summed E-state index contributed by atoms with van der Waals surface area (Å²) >= 11 is 0. The van der Waals surface area contributed by atoms with Gasteiger partial charge in [0.2, 0.25) is 0 Å². The molecule has 0 heterocycles. The summed E-state index contributed by atoms with van der Waals surface area (Å²) in [4.78, 5) is 13.9. The maximum atomic E-state index is 12.7. The smallest absolute Gasteiger partial charge is 0.387 e. The molecule has 2 aromatic carbocycles. The fraction of sp³-hybridized carbons (Fsp3) is 0.278. The standard InChI is InChI=1S/C18H19F3N2O2/c1-23(2)15-8-6-12(7-9-15)16(24)11-22-17(25)13-4-3-5-14(10-13)18(19,20)21/h3-10,16,24H,11H2,1-2H3,(H,22,25)/t16-/m1/s1. The van der Waals surface area contributed by atoms with E-state index in [1.54, 1.807) is 12.1 Å². The fourth-order valence-corrected chi connectivity index (χ4v) is 2.24. The van der Waals surface area contributed by atoms with Crippen molar-refractivity contribution in [2.75, 3.05) is 25.5 Å². The first-order valence-electron chi connectivity index (χ1n) is 7.59. The monoisotopic (exact) mass is 352 g/mol. The summed E-state index contributed by atoms with van der Waals surface area (Å²) in [5.74, 6) is -0.671. The Morgan fingerprint density at radius 3 is 2.36 bits per heavy atom. The van der Waals surface area contributed by atoms with E-state index in [9.17, 15) is 23.1 Å². The number of halogens is 3. The van der Waals surface area contributed by atoms with Crippen molar-refractivity contribution in [3.63, 3.8) is 0 Å². The van der Waals surface area contributed by atoms with Gasteiger partial charge < -0.3 is 15.3 Å². The quantitative estimate of drug-likeness (QED) is 0.869. The third kappa shape index (κ3) is 4.96. The van der Waals surface area contributed by atoms with Crippen LogP contribution >= 0.6 is 0 Å². The summed E-state index contributed by atoms with van der Waals surface area (Å²) in [6, 6.07) is 11.3. The highest BCUT2D eigenvalue weighted by Gasteiger charge is 2.30. The van der Waals surface area contributed by atoms with E-state index in [0.29, 0.717) is 5.56 Å². The molecule has 2 aromatic rings. The zero-order valence-electron chi connectivity index (χ0n) is 13.8. The first kappa shape index (κ1) is 18.8. The van der Waals surface area contributed by atoms with Crippen LogP contribution in [0.3, 0.4) is 0 Å². The van der Waals surface area contributed by atoms with Crippen LogP contribution < -0.4 is 10.2 Å². The summed E-state index contributed by atoms with van der Waals surface area (Å²) in [6.45, 7) is -0.101. The maximum absolute atomic E-state index is 12.7. The zero-order valence-corrected chi connectivity index (χ0v) is 13.8. The Kier molecular flexibility index (Phi) is 5.69. The van der Waals surface area contributed by atoms with Gasteiger partial charge in [0.15, 0.2) is 0 Å². The fourth-order valence-electron chi connectivity index (χ4n) is 2.24. The third-order valence-corrected chi connectivity index (χ3v) is 3.70. The minimum atomic E-state index is -4.51. The Bertz CT molecular complexity index is 728. The van der Waals surface area contributed by atoms with Crippen LogP contribution in [0.1, 0.15) is 27.6 Å². The zero-order chi connectivity index (χ0) is 18.6. The average Bonchev–Trinajstić information content (AvgIpc) is 2.58. The molecule has 0 aliphatic carbocycles.